The van der Waals surface area contributed by atoms with Crippen molar-refractivity contribution in [3.05, 3.63) is 90.0 Å². The first-order valence-electron chi connectivity index (χ1n) is 11.2. The van der Waals surface area contributed by atoms with Crippen LogP contribution in [-0.2, 0) is 9.59 Å². The van der Waals surface area contributed by atoms with Crippen LogP contribution in [0.2, 0.25) is 0 Å². The van der Waals surface area contributed by atoms with Crippen LogP contribution in [0.25, 0.3) is 5.76 Å². The number of likely N-dealkylation sites (N-methyl/N-ethyl adjacent to an activating group) is 1. The van der Waals surface area contributed by atoms with Gasteiger partial charge in [0, 0.05) is 67.9 Å². The van der Waals surface area contributed by atoms with E-state index in [4.69, 9.17) is 0 Å². The SMILES string of the molecule is CN1CCN(c2ccc(N3C(=O)C(=O)/C(=C(/O)c4ccncc4)C3c3cccnc3)cc2)CC1. The molecule has 1 N–H and O–H groups in total. The van der Waals surface area contributed by atoms with E-state index >= 15 is 0 Å². The first-order chi connectivity index (χ1) is 16.5. The van der Waals surface area contributed by atoms with Crippen molar-refractivity contribution in [2.24, 2.45) is 0 Å². The highest BCUT2D eigenvalue weighted by molar-refractivity contribution is 6.51. The minimum atomic E-state index is -0.795. The van der Waals surface area contributed by atoms with Crippen LogP contribution in [0.4, 0.5) is 11.4 Å². The van der Waals surface area contributed by atoms with Gasteiger partial charge in [-0.2, -0.15) is 0 Å². The molecular weight excluding hydrogens is 430 g/mol. The maximum absolute atomic E-state index is 13.2. The van der Waals surface area contributed by atoms with Gasteiger partial charge in [0.25, 0.3) is 11.7 Å². The van der Waals surface area contributed by atoms with Crippen LogP contribution >= 0.6 is 0 Å². The number of aromatic nitrogens is 2. The zero-order chi connectivity index (χ0) is 23.7. The van der Waals surface area contributed by atoms with Gasteiger partial charge >= 0.3 is 0 Å². The van der Waals surface area contributed by atoms with Gasteiger partial charge < -0.3 is 14.9 Å². The maximum atomic E-state index is 13.2. The third kappa shape index (κ3) is 3.92. The van der Waals surface area contributed by atoms with Gasteiger partial charge in [0.05, 0.1) is 11.6 Å². The van der Waals surface area contributed by atoms with E-state index in [-0.39, 0.29) is 11.3 Å². The van der Waals surface area contributed by atoms with Gasteiger partial charge in [-0.3, -0.25) is 24.5 Å². The molecular formula is C26H25N5O3. The maximum Gasteiger partial charge on any atom is 0.300 e. The molecule has 1 unspecified atom stereocenters. The number of benzene rings is 1. The lowest BCUT2D eigenvalue weighted by Crippen LogP contribution is -2.44. The normalized spacial score (nSPS) is 20.7. The molecule has 1 atom stereocenters. The highest BCUT2D eigenvalue weighted by atomic mass is 16.3. The van der Waals surface area contributed by atoms with Crippen molar-refractivity contribution in [3.8, 4) is 0 Å². The fourth-order valence-corrected chi connectivity index (χ4v) is 4.51. The fraction of sp³-hybridized carbons (Fsp3) is 0.231. The average Bonchev–Trinajstić information content (AvgIpc) is 3.15. The number of amides is 1. The largest absolute Gasteiger partial charge is 0.507 e. The monoisotopic (exact) mass is 455 g/mol. The smallest absolute Gasteiger partial charge is 0.300 e. The zero-order valence-corrected chi connectivity index (χ0v) is 18.8. The highest BCUT2D eigenvalue weighted by Gasteiger charge is 2.47. The number of ketones is 1. The summed E-state index contributed by atoms with van der Waals surface area (Å²) in [6, 6.07) is 13.6. The lowest BCUT2D eigenvalue weighted by molar-refractivity contribution is -0.132. The summed E-state index contributed by atoms with van der Waals surface area (Å²) in [7, 11) is 2.11. The Balaban J connectivity index is 1.56. The number of aliphatic hydroxyl groups excluding tert-OH is 1. The number of carbonyl (C=O) groups is 2. The number of pyridine rings is 2. The molecule has 3 aromatic rings. The topological polar surface area (TPSA) is 89.9 Å². The lowest BCUT2D eigenvalue weighted by Gasteiger charge is -2.34. The Kier molecular flexibility index (Phi) is 5.81. The zero-order valence-electron chi connectivity index (χ0n) is 18.8. The molecule has 0 aliphatic carbocycles. The number of anilines is 2. The van der Waals surface area contributed by atoms with Crippen molar-refractivity contribution in [1.82, 2.24) is 14.9 Å². The summed E-state index contributed by atoms with van der Waals surface area (Å²) in [5, 5.41) is 11.1. The minimum absolute atomic E-state index is 0.0346. The summed E-state index contributed by atoms with van der Waals surface area (Å²) < 4.78 is 0. The van der Waals surface area contributed by atoms with E-state index in [1.54, 1.807) is 36.7 Å². The molecule has 34 heavy (non-hydrogen) atoms. The Bertz CT molecular complexity index is 1220. The number of hydrogen-bond acceptors (Lipinski definition) is 7. The van der Waals surface area contributed by atoms with E-state index in [2.05, 4.69) is 26.8 Å². The molecule has 0 radical (unpaired) electrons. The first kappa shape index (κ1) is 21.8. The van der Waals surface area contributed by atoms with Gasteiger partial charge in [0.15, 0.2) is 0 Å². The summed E-state index contributed by atoms with van der Waals surface area (Å²) in [4.78, 5) is 40.6. The third-order valence-electron chi connectivity index (χ3n) is 6.39. The van der Waals surface area contributed by atoms with Crippen LogP contribution in [0.1, 0.15) is 17.2 Å². The summed E-state index contributed by atoms with van der Waals surface area (Å²) in [6.45, 7) is 3.85. The van der Waals surface area contributed by atoms with Gasteiger partial charge in [-0.1, -0.05) is 6.07 Å². The van der Waals surface area contributed by atoms with Crippen LogP contribution in [0.15, 0.2) is 78.9 Å². The Morgan fingerprint density at radius 2 is 1.56 bits per heavy atom. The number of hydrogen-bond donors (Lipinski definition) is 1. The summed E-state index contributed by atoms with van der Waals surface area (Å²) in [6.07, 6.45) is 6.30. The van der Waals surface area contributed by atoms with Crippen molar-refractivity contribution < 1.29 is 14.7 Å². The van der Waals surface area contributed by atoms with E-state index in [1.807, 2.05) is 24.3 Å². The van der Waals surface area contributed by atoms with Gasteiger partial charge in [0.2, 0.25) is 0 Å². The van der Waals surface area contributed by atoms with Crippen molar-refractivity contribution >= 4 is 28.8 Å². The van der Waals surface area contributed by atoms with E-state index in [1.165, 1.54) is 17.3 Å². The van der Waals surface area contributed by atoms with Crippen molar-refractivity contribution in [2.45, 2.75) is 6.04 Å². The van der Waals surface area contributed by atoms with Crippen LogP contribution in [0.5, 0.6) is 0 Å². The van der Waals surface area contributed by atoms with E-state index in [0.717, 1.165) is 31.9 Å². The Morgan fingerprint density at radius 3 is 2.21 bits per heavy atom. The Morgan fingerprint density at radius 1 is 0.882 bits per heavy atom. The van der Waals surface area contributed by atoms with Gasteiger partial charge in [-0.15, -0.1) is 0 Å². The summed E-state index contributed by atoms with van der Waals surface area (Å²) in [5.41, 5.74) is 2.76. The molecule has 0 spiro atoms. The molecule has 172 valence electrons. The fourth-order valence-electron chi connectivity index (χ4n) is 4.51. The Labute approximate surface area is 197 Å². The average molecular weight is 456 g/mol. The number of piperazine rings is 1. The van der Waals surface area contributed by atoms with E-state index in [9.17, 15) is 14.7 Å². The summed E-state index contributed by atoms with van der Waals surface area (Å²) >= 11 is 0. The molecule has 5 rings (SSSR count). The van der Waals surface area contributed by atoms with Crippen LogP contribution in [-0.4, -0.2) is 64.9 Å². The third-order valence-corrected chi connectivity index (χ3v) is 6.39. The molecule has 0 saturated carbocycles. The van der Waals surface area contributed by atoms with Crippen LogP contribution in [0, 0.1) is 0 Å². The molecule has 2 aliphatic rings. The van der Waals surface area contributed by atoms with Crippen molar-refractivity contribution in [1.29, 1.82) is 0 Å². The molecule has 0 bridgehead atoms. The molecule has 1 aromatic carbocycles. The second-order valence-electron chi connectivity index (χ2n) is 8.50. The number of aliphatic hydroxyl groups is 1. The number of carbonyl (C=O) groups excluding carboxylic acids is 2. The first-order valence-corrected chi connectivity index (χ1v) is 11.2. The second-order valence-corrected chi connectivity index (χ2v) is 8.50. The number of Topliss-reactive ketones (excluding diaryl/α,β-unsaturated/α-hetero) is 1. The van der Waals surface area contributed by atoms with Gasteiger partial charge in [-0.25, -0.2) is 0 Å². The molecule has 8 heteroatoms. The van der Waals surface area contributed by atoms with E-state index in [0.29, 0.717) is 16.8 Å². The van der Waals surface area contributed by atoms with Crippen LogP contribution < -0.4 is 9.80 Å². The molecule has 2 fully saturated rings. The minimum Gasteiger partial charge on any atom is -0.507 e. The van der Waals surface area contributed by atoms with Crippen molar-refractivity contribution in [2.75, 3.05) is 43.0 Å². The number of rotatable bonds is 4. The molecule has 2 aromatic heterocycles. The van der Waals surface area contributed by atoms with E-state index < -0.39 is 17.7 Å². The quantitative estimate of drug-likeness (QED) is 0.368. The molecule has 4 heterocycles. The predicted molar refractivity (Wildman–Crippen MR) is 129 cm³/mol. The highest BCUT2D eigenvalue weighted by Crippen LogP contribution is 2.42. The van der Waals surface area contributed by atoms with Crippen LogP contribution in [0.3, 0.4) is 0 Å². The predicted octanol–water partition coefficient (Wildman–Crippen LogP) is 2.85. The Hall–Kier alpha value is -4.04. The van der Waals surface area contributed by atoms with Gasteiger partial charge in [0.1, 0.15) is 5.76 Å². The molecule has 2 aliphatic heterocycles. The molecule has 1 amide bonds. The van der Waals surface area contributed by atoms with Crippen molar-refractivity contribution in [3.63, 3.8) is 0 Å². The molecule has 2 saturated heterocycles. The summed E-state index contributed by atoms with van der Waals surface area (Å²) in [5.74, 6) is -1.64. The lowest BCUT2D eigenvalue weighted by atomic mass is 9.96. The standard InChI is InChI=1S/C26H25N5O3/c1-29-13-15-30(16-14-29)20-4-6-21(7-5-20)31-23(19-3-2-10-28-17-19)22(25(33)26(31)34)24(32)18-8-11-27-12-9-18/h2-12,17,23,32H,13-16H2,1H3/b24-22+. The van der Waals surface area contributed by atoms with Gasteiger partial charge in [-0.05, 0) is 55.1 Å². The molecule has 8 nitrogen and oxygen atoms in total. The number of nitrogens with zero attached hydrogens (tertiary/aromatic N) is 5. The second kappa shape index (κ2) is 9.07.